The monoisotopic (exact) mass is 548 g/mol. The molecule has 0 aromatic heterocycles. The van der Waals surface area contributed by atoms with Crippen molar-refractivity contribution in [3.8, 4) is 11.5 Å². The first kappa shape index (κ1) is 28.4. The van der Waals surface area contributed by atoms with Gasteiger partial charge in [-0.05, 0) is 81.1 Å². The maximum Gasteiger partial charge on any atom is 0.254 e. The molecule has 1 saturated heterocycles. The van der Waals surface area contributed by atoms with Gasteiger partial charge < -0.3 is 29.5 Å². The van der Waals surface area contributed by atoms with Crippen molar-refractivity contribution in [2.24, 2.45) is 0 Å². The van der Waals surface area contributed by atoms with Gasteiger partial charge in [-0.25, -0.2) is 0 Å². The van der Waals surface area contributed by atoms with Crippen molar-refractivity contribution in [3.63, 3.8) is 0 Å². The minimum Gasteiger partial charge on any atom is -0.490 e. The number of piperazine rings is 1. The molecule has 5 rings (SSSR count). The third-order valence-corrected chi connectivity index (χ3v) is 8.42. The molecule has 0 saturated carbocycles. The Morgan fingerprint density at radius 3 is 2.27 bits per heavy atom. The summed E-state index contributed by atoms with van der Waals surface area (Å²) in [7, 11) is 0. The summed E-state index contributed by atoms with van der Waals surface area (Å²) in [6.45, 7) is 15.0. The predicted octanol–water partition coefficient (Wildman–Crippen LogP) is 3.85. The van der Waals surface area contributed by atoms with Crippen LogP contribution in [0, 0.1) is 0 Å². The fraction of sp³-hybridized carbons (Fsp3) is 0.562. The van der Waals surface area contributed by atoms with Crippen LogP contribution in [0.4, 0.5) is 0 Å². The van der Waals surface area contributed by atoms with Crippen LogP contribution in [0.25, 0.3) is 0 Å². The van der Waals surface area contributed by atoms with Gasteiger partial charge in [-0.3, -0.25) is 9.59 Å². The van der Waals surface area contributed by atoms with Crippen LogP contribution in [0.1, 0.15) is 72.6 Å². The normalized spacial score (nSPS) is 20.9. The lowest BCUT2D eigenvalue weighted by Crippen LogP contribution is -2.50. The zero-order valence-electron chi connectivity index (χ0n) is 24.3. The van der Waals surface area contributed by atoms with Gasteiger partial charge in [-0.15, -0.1) is 0 Å². The maximum atomic E-state index is 14.0. The van der Waals surface area contributed by atoms with Crippen LogP contribution in [0.5, 0.6) is 11.5 Å². The molecule has 40 heavy (non-hydrogen) atoms. The van der Waals surface area contributed by atoms with Gasteiger partial charge in [-0.2, -0.15) is 0 Å². The second-order valence-electron chi connectivity index (χ2n) is 10.9. The molecule has 0 spiro atoms. The molecule has 2 unspecified atom stereocenters. The summed E-state index contributed by atoms with van der Waals surface area (Å²) in [4.78, 5) is 34.5. The Hall–Kier alpha value is -3.10. The van der Waals surface area contributed by atoms with E-state index >= 15 is 0 Å². The van der Waals surface area contributed by atoms with E-state index in [4.69, 9.17) is 9.47 Å². The number of amides is 2. The van der Waals surface area contributed by atoms with Crippen molar-refractivity contribution in [2.75, 3.05) is 65.6 Å². The van der Waals surface area contributed by atoms with E-state index in [2.05, 4.69) is 22.0 Å². The van der Waals surface area contributed by atoms with E-state index in [9.17, 15) is 9.59 Å². The lowest BCUT2D eigenvalue weighted by Gasteiger charge is -2.45. The summed E-state index contributed by atoms with van der Waals surface area (Å²) in [5.41, 5.74) is 3.52. The first-order chi connectivity index (χ1) is 19.5. The molecule has 2 amide bonds. The largest absolute Gasteiger partial charge is 0.490 e. The van der Waals surface area contributed by atoms with Crippen molar-refractivity contribution in [2.45, 2.75) is 52.0 Å². The fourth-order valence-electron chi connectivity index (χ4n) is 6.53. The van der Waals surface area contributed by atoms with Crippen LogP contribution < -0.4 is 14.8 Å². The van der Waals surface area contributed by atoms with E-state index in [1.54, 1.807) is 0 Å². The molecule has 2 aromatic rings. The second kappa shape index (κ2) is 13.0. The zero-order valence-corrected chi connectivity index (χ0v) is 24.3. The highest BCUT2D eigenvalue weighted by molar-refractivity contribution is 6.01. The molecule has 8 heteroatoms. The van der Waals surface area contributed by atoms with E-state index < -0.39 is 5.92 Å². The SMILES string of the molecule is CCCN1CCN(CCCNC(=O)C2c3ccccc3C(=O)N3CCc4cc(OCC)c(OCC)cc4C23)CC1. The Morgan fingerprint density at radius 2 is 1.57 bits per heavy atom. The number of hydrogen-bond donors (Lipinski definition) is 1. The third-order valence-electron chi connectivity index (χ3n) is 8.42. The van der Waals surface area contributed by atoms with E-state index in [1.165, 1.54) is 13.0 Å². The molecule has 1 fully saturated rings. The minimum atomic E-state index is -0.488. The van der Waals surface area contributed by atoms with Crippen molar-refractivity contribution < 1.29 is 19.1 Å². The lowest BCUT2D eigenvalue weighted by molar-refractivity contribution is -0.124. The summed E-state index contributed by atoms with van der Waals surface area (Å²) in [6.07, 6.45) is 2.82. The van der Waals surface area contributed by atoms with Crippen LogP contribution in [0.2, 0.25) is 0 Å². The zero-order chi connectivity index (χ0) is 28.1. The smallest absolute Gasteiger partial charge is 0.254 e. The van der Waals surface area contributed by atoms with E-state index in [-0.39, 0.29) is 17.9 Å². The summed E-state index contributed by atoms with van der Waals surface area (Å²) in [6, 6.07) is 11.3. The Balaban J connectivity index is 1.35. The summed E-state index contributed by atoms with van der Waals surface area (Å²) in [5.74, 6) is 0.856. The Kier molecular flexibility index (Phi) is 9.27. The summed E-state index contributed by atoms with van der Waals surface area (Å²) < 4.78 is 11.8. The average Bonchev–Trinajstić information content (AvgIpc) is 2.97. The van der Waals surface area contributed by atoms with Gasteiger partial charge in [0.1, 0.15) is 0 Å². The molecule has 0 bridgehead atoms. The fourth-order valence-corrected chi connectivity index (χ4v) is 6.53. The number of nitrogens with one attached hydrogen (secondary N) is 1. The number of hydrogen-bond acceptors (Lipinski definition) is 6. The summed E-state index contributed by atoms with van der Waals surface area (Å²) in [5, 5.41) is 3.24. The van der Waals surface area contributed by atoms with Crippen molar-refractivity contribution >= 4 is 11.8 Å². The minimum absolute atomic E-state index is 0.00985. The van der Waals surface area contributed by atoms with E-state index in [0.717, 1.165) is 61.6 Å². The third kappa shape index (κ3) is 5.84. The standard InChI is InChI=1S/C32H44N4O4/c1-4-14-34-17-19-35(20-18-34)15-9-13-33-31(37)29-24-10-7-8-11-25(24)32(38)36-16-12-23-21-27(39-5-2)28(40-6-3)22-26(23)30(29)36/h7-8,10-11,21-22,29-30H,4-6,9,12-20H2,1-3H3,(H,33,37). The number of nitrogens with zero attached hydrogens (tertiary/aromatic N) is 3. The second-order valence-corrected chi connectivity index (χ2v) is 10.9. The van der Waals surface area contributed by atoms with Crippen LogP contribution in [-0.2, 0) is 11.2 Å². The van der Waals surface area contributed by atoms with Crippen LogP contribution >= 0.6 is 0 Å². The highest BCUT2D eigenvalue weighted by Gasteiger charge is 2.46. The van der Waals surface area contributed by atoms with Gasteiger partial charge in [-0.1, -0.05) is 25.1 Å². The van der Waals surface area contributed by atoms with Crippen molar-refractivity contribution in [3.05, 3.63) is 58.7 Å². The van der Waals surface area contributed by atoms with E-state index in [1.807, 2.05) is 55.1 Å². The highest BCUT2D eigenvalue weighted by atomic mass is 16.5. The predicted molar refractivity (Wildman–Crippen MR) is 156 cm³/mol. The quantitative estimate of drug-likeness (QED) is 0.430. The number of ether oxygens (including phenoxy) is 2. The lowest BCUT2D eigenvalue weighted by atomic mass is 9.75. The molecule has 216 valence electrons. The van der Waals surface area contributed by atoms with Crippen molar-refractivity contribution in [1.29, 1.82) is 0 Å². The van der Waals surface area contributed by atoms with Crippen molar-refractivity contribution in [1.82, 2.24) is 20.0 Å². The number of benzene rings is 2. The van der Waals surface area contributed by atoms with E-state index in [0.29, 0.717) is 44.0 Å². The molecular weight excluding hydrogens is 504 g/mol. The number of carbonyl (C=O) groups is 2. The maximum absolute atomic E-state index is 14.0. The van der Waals surface area contributed by atoms with Gasteiger partial charge in [0.2, 0.25) is 5.91 Å². The first-order valence-corrected chi connectivity index (χ1v) is 15.1. The van der Waals surface area contributed by atoms with Gasteiger partial charge in [0.05, 0.1) is 25.2 Å². The molecular formula is C32H44N4O4. The Labute approximate surface area is 238 Å². The highest BCUT2D eigenvalue weighted by Crippen LogP contribution is 2.48. The van der Waals surface area contributed by atoms with Crippen LogP contribution in [-0.4, -0.2) is 92.1 Å². The molecule has 0 aliphatic carbocycles. The molecule has 8 nitrogen and oxygen atoms in total. The van der Waals surface area contributed by atoms with Crippen LogP contribution in [0.15, 0.2) is 36.4 Å². The summed E-state index contributed by atoms with van der Waals surface area (Å²) >= 11 is 0. The molecule has 2 atom stereocenters. The molecule has 1 N–H and O–H groups in total. The number of carbonyl (C=O) groups excluding carboxylic acids is 2. The Morgan fingerprint density at radius 1 is 0.900 bits per heavy atom. The number of rotatable bonds is 11. The van der Waals surface area contributed by atoms with Gasteiger partial charge in [0.15, 0.2) is 11.5 Å². The molecule has 0 radical (unpaired) electrons. The van der Waals surface area contributed by atoms with Gasteiger partial charge in [0, 0.05) is 44.8 Å². The van der Waals surface area contributed by atoms with Gasteiger partial charge in [0.25, 0.3) is 5.91 Å². The first-order valence-electron chi connectivity index (χ1n) is 15.1. The van der Waals surface area contributed by atoms with Gasteiger partial charge >= 0.3 is 0 Å². The average molecular weight is 549 g/mol. The van der Waals surface area contributed by atoms with Crippen LogP contribution in [0.3, 0.4) is 0 Å². The molecule has 2 aromatic carbocycles. The Bertz CT molecular complexity index is 1190. The number of fused-ring (bicyclic) bond motifs is 4. The molecule has 3 heterocycles. The topological polar surface area (TPSA) is 74.4 Å². The molecule has 3 aliphatic rings. The molecule has 3 aliphatic heterocycles.